The Balaban J connectivity index is 0.000000153. The quantitative estimate of drug-likeness (QED) is 0.0405. The van der Waals surface area contributed by atoms with E-state index in [2.05, 4.69) is 61.5 Å². The number of phenols is 1. The summed E-state index contributed by atoms with van der Waals surface area (Å²) in [5.74, 6) is 0.258. The first-order valence-corrected chi connectivity index (χ1v) is 38.0. The lowest BCUT2D eigenvalue weighted by molar-refractivity contribution is 0.0300. The summed E-state index contributed by atoms with van der Waals surface area (Å²) < 4.78 is 87.7. The molecule has 13 aromatic rings. The maximum atomic E-state index is 13.3. The van der Waals surface area contributed by atoms with Crippen LogP contribution in [0.5, 0.6) is 17.2 Å². The third kappa shape index (κ3) is 19.4. The zero-order valence-corrected chi connectivity index (χ0v) is 64.7. The number of rotatable bonds is 21. The molecular weight excluding hydrogens is 1540 g/mol. The molecular formula is C78H79F2N21O15S. The van der Waals surface area contributed by atoms with Gasteiger partial charge in [-0.15, -0.1) is 15.3 Å². The molecule has 16 rings (SSSR count). The van der Waals surface area contributed by atoms with Crippen LogP contribution in [0, 0.1) is 6.92 Å². The summed E-state index contributed by atoms with van der Waals surface area (Å²) in [7, 11) is 1.45. The van der Waals surface area contributed by atoms with Gasteiger partial charge in [0.05, 0.1) is 87.0 Å². The average molecular weight is 1620 g/mol. The Morgan fingerprint density at radius 1 is 0.462 bits per heavy atom. The highest BCUT2D eigenvalue weighted by atomic mass is 32.2. The predicted octanol–water partition coefficient (Wildman–Crippen LogP) is 7.30. The number of benzene rings is 4. The fourth-order valence-corrected chi connectivity index (χ4v) is 13.4. The standard InChI is InChI=1S/C31H31N7O7S.C24H24FN7O4.C22H21N7O4.CH3F/c1-21-6-8-25(9-7-21)46(41,42)45-17-16-44-24-5-3-4-22(18-24)29-34-27-19-23(10-11-38(27)35-29)33-30(39)28-26(20-32-36(28)2)31(40)37-12-14-43-15-13-37;1-30-21(19(15-26-30)24(34)31-8-11-35-12-9-31)23(33)27-17-5-7-32-20(14-17)28-22(29-32)16-3-2-4-18(13-16)36-10-6-25;1-27-19(17(13-23-27)22(32)28-7-9-33-10-8-28)21(31)24-15-5-6-29-18(12-15)25-20(26-29)14-3-2-4-16(30)11-14;1-2/h3-11,18-20H,12-17H2,1-2H3,(H,33,39);2-5,7,13-15H,6,8-12H2,1H3,(H,27,33);2-6,11-13,30H,7-10H2,1H3,(H,24,31);1H3/i;25-1;;2-1. The van der Waals surface area contributed by atoms with Crippen LogP contribution < -0.4 is 25.4 Å². The monoisotopic (exact) mass is 1620 g/mol. The van der Waals surface area contributed by atoms with Crippen LogP contribution in [-0.4, -0.2) is 249 Å². The fourth-order valence-electron chi connectivity index (χ4n) is 12.5. The van der Waals surface area contributed by atoms with Gasteiger partial charge in [-0.3, -0.25) is 51.4 Å². The fraction of sp³-hybridized carbons (Fsp3) is 0.269. The van der Waals surface area contributed by atoms with Gasteiger partial charge >= 0.3 is 0 Å². The number of aromatic nitrogens is 15. The van der Waals surface area contributed by atoms with E-state index < -0.39 is 34.5 Å². The third-order valence-electron chi connectivity index (χ3n) is 18.4. The van der Waals surface area contributed by atoms with Gasteiger partial charge in [0, 0.05) is 131 Å². The summed E-state index contributed by atoms with van der Waals surface area (Å²) in [4.78, 5) is 97.1. The SMILES string of the molecule is C[18F].Cc1ccc(S(=O)(=O)OCCOc2cccc(-c3nc4cc(NC(=O)c5c(C(=O)N6CCOCC6)cnn5C)ccn4n3)c2)cc1.Cn1ncc(C(=O)N2CCOCC2)c1C(=O)Nc1ccn2nc(-c3cccc(O)c3)nc2c1.Cn1ncc(C(=O)N2CCOCC2)c1C(=O)Nc1ccn2nc(-c3cccc(OCC[18F])c3)nc2c1. The van der Waals surface area contributed by atoms with Crippen LogP contribution in [0.3, 0.4) is 0 Å². The second-order valence-corrected chi connectivity index (χ2v) is 27.8. The number of phenolic OH excluding ortho intramolecular Hbond substituents is 1. The highest BCUT2D eigenvalue weighted by Gasteiger charge is 2.31. The Kier molecular flexibility index (Phi) is 25.7. The van der Waals surface area contributed by atoms with Crippen LogP contribution in [-0.2, 0) is 49.7 Å². The van der Waals surface area contributed by atoms with E-state index >= 15 is 0 Å². The number of morpholine rings is 3. The summed E-state index contributed by atoms with van der Waals surface area (Å²) in [5.41, 5.74) is 7.11. The van der Waals surface area contributed by atoms with Gasteiger partial charge in [0.25, 0.3) is 45.6 Å². The molecule has 4 N–H and O–H groups in total. The number of pyridine rings is 3. The second-order valence-electron chi connectivity index (χ2n) is 26.2. The van der Waals surface area contributed by atoms with Crippen molar-refractivity contribution in [1.82, 2.24) is 87.8 Å². The maximum absolute atomic E-state index is 13.3. The molecule has 0 radical (unpaired) electrons. The lowest BCUT2D eigenvalue weighted by Crippen LogP contribution is -2.41. The first-order chi connectivity index (χ1) is 56.7. The van der Waals surface area contributed by atoms with E-state index in [1.807, 2.05) is 19.1 Å². The van der Waals surface area contributed by atoms with E-state index in [-0.39, 0.29) is 82.0 Å². The minimum atomic E-state index is -3.89. The molecule has 0 aliphatic carbocycles. The van der Waals surface area contributed by atoms with E-state index in [1.54, 1.807) is 177 Å². The molecule has 0 spiro atoms. The highest BCUT2D eigenvalue weighted by Crippen LogP contribution is 2.28. The van der Waals surface area contributed by atoms with E-state index in [0.717, 1.165) is 5.56 Å². The first-order valence-electron chi connectivity index (χ1n) is 36.6. The summed E-state index contributed by atoms with van der Waals surface area (Å²) in [6, 6.07) is 37.3. The number of nitrogens with zero attached hydrogens (tertiary/aromatic N) is 18. The number of alkyl halides is 2. The normalized spacial score (nSPS) is 13.5. The minimum absolute atomic E-state index is 0.00657. The highest BCUT2D eigenvalue weighted by molar-refractivity contribution is 7.86. The van der Waals surface area contributed by atoms with Gasteiger partial charge in [0.15, 0.2) is 34.4 Å². The second kappa shape index (κ2) is 37.0. The number of nitrogens with one attached hydrogen (secondary N) is 3. The number of aromatic hydroxyl groups is 1. The average Bonchev–Trinajstić information content (AvgIpc) is 1.67. The van der Waals surface area contributed by atoms with Crippen LogP contribution in [0.1, 0.15) is 68.1 Å². The number of amides is 6. The van der Waals surface area contributed by atoms with Gasteiger partial charge in [-0.25, -0.2) is 32.9 Å². The topological polar surface area (TPSA) is 402 Å². The molecule has 0 saturated carbocycles. The Labute approximate surface area is 666 Å². The smallest absolute Gasteiger partial charge is 0.297 e. The van der Waals surface area contributed by atoms with Gasteiger partial charge in [0.1, 0.15) is 60.8 Å². The van der Waals surface area contributed by atoms with Crippen LogP contribution >= 0.6 is 0 Å². The number of carbonyl (C=O) groups is 6. The first kappa shape index (κ1) is 81.3. The number of hydrogen-bond acceptors (Lipinski definition) is 24. The van der Waals surface area contributed by atoms with Crippen molar-refractivity contribution in [3.63, 3.8) is 0 Å². The zero-order chi connectivity index (χ0) is 82.3. The summed E-state index contributed by atoms with van der Waals surface area (Å²) in [5, 5.41) is 44.0. The van der Waals surface area contributed by atoms with Gasteiger partial charge in [-0.2, -0.15) is 23.7 Å². The van der Waals surface area contributed by atoms with Crippen molar-refractivity contribution < 1.29 is 78.9 Å². The Hall–Kier alpha value is -13.8. The number of fused-ring (bicyclic) bond motifs is 3. The summed E-state index contributed by atoms with van der Waals surface area (Å²) in [6.07, 6.45) is 9.23. The Morgan fingerprint density at radius 2 is 0.812 bits per heavy atom. The molecule has 3 aliphatic rings. The van der Waals surface area contributed by atoms with Crippen molar-refractivity contribution in [1.29, 1.82) is 0 Å². The molecule has 3 fully saturated rings. The molecule has 117 heavy (non-hydrogen) atoms. The van der Waals surface area contributed by atoms with Gasteiger partial charge < -0.3 is 59.4 Å². The van der Waals surface area contributed by atoms with Crippen LogP contribution in [0.15, 0.2) is 176 Å². The van der Waals surface area contributed by atoms with Crippen LogP contribution in [0.25, 0.3) is 51.1 Å². The Morgan fingerprint density at radius 3 is 1.17 bits per heavy atom. The van der Waals surface area contributed by atoms with Gasteiger partial charge in [0.2, 0.25) is 0 Å². The molecule has 39 heteroatoms. The van der Waals surface area contributed by atoms with E-state index in [9.17, 15) is 51.1 Å². The molecule has 3 aliphatic heterocycles. The molecule has 3 saturated heterocycles. The molecule has 12 heterocycles. The van der Waals surface area contributed by atoms with Crippen LogP contribution in [0.4, 0.5) is 25.8 Å². The Bertz CT molecular complexity index is 5890. The largest absolute Gasteiger partial charge is 0.508 e. The molecule has 606 valence electrons. The molecule has 0 atom stereocenters. The minimum Gasteiger partial charge on any atom is -0.508 e. The zero-order valence-electron chi connectivity index (χ0n) is 63.9. The number of aryl methyl sites for hydroxylation is 4. The number of ether oxygens (including phenoxy) is 5. The molecule has 9 aromatic heterocycles. The number of hydrogen-bond donors (Lipinski definition) is 4. The van der Waals surface area contributed by atoms with Crippen molar-refractivity contribution in [3.05, 3.63) is 210 Å². The van der Waals surface area contributed by atoms with E-state index in [1.165, 1.54) is 44.8 Å². The van der Waals surface area contributed by atoms with E-state index in [0.29, 0.717) is 166 Å². The number of halogens is 2. The van der Waals surface area contributed by atoms with Crippen molar-refractivity contribution >= 4 is 79.6 Å². The molecule has 0 unspecified atom stereocenters. The molecule has 0 bridgehead atoms. The van der Waals surface area contributed by atoms with E-state index in [4.69, 9.17) is 27.9 Å². The van der Waals surface area contributed by atoms with Gasteiger partial charge in [-0.05, 0) is 73.7 Å². The number of carbonyl (C=O) groups excluding carboxylic acids is 6. The van der Waals surface area contributed by atoms with Gasteiger partial charge in [-0.1, -0.05) is 54.1 Å². The van der Waals surface area contributed by atoms with Crippen molar-refractivity contribution in [2.75, 3.05) is 129 Å². The van der Waals surface area contributed by atoms with Crippen molar-refractivity contribution in [3.8, 4) is 51.4 Å². The molecule has 4 aromatic carbocycles. The summed E-state index contributed by atoms with van der Waals surface area (Å²) >= 11 is 0. The number of anilines is 3. The summed E-state index contributed by atoms with van der Waals surface area (Å²) in [6.45, 7) is 6.63. The van der Waals surface area contributed by atoms with Crippen molar-refractivity contribution in [2.24, 2.45) is 21.1 Å². The molecule has 36 nitrogen and oxygen atoms in total. The third-order valence-corrected chi connectivity index (χ3v) is 19.7. The predicted molar refractivity (Wildman–Crippen MR) is 419 cm³/mol. The lowest BCUT2D eigenvalue weighted by Gasteiger charge is -2.26. The molecule has 6 amide bonds. The maximum Gasteiger partial charge on any atom is 0.297 e. The van der Waals surface area contributed by atoms with Crippen LogP contribution in [0.2, 0.25) is 0 Å². The van der Waals surface area contributed by atoms with Crippen molar-refractivity contribution in [2.45, 2.75) is 11.8 Å². The lowest BCUT2D eigenvalue weighted by atomic mass is 10.2.